The van der Waals surface area contributed by atoms with Crippen LogP contribution in [-0.2, 0) is 0 Å². The van der Waals surface area contributed by atoms with Gasteiger partial charge in [0.15, 0.2) is 0 Å². The third kappa shape index (κ3) is 3.19. The lowest BCUT2D eigenvalue weighted by molar-refractivity contribution is 0.879. The normalized spacial score (nSPS) is 10.4. The lowest BCUT2D eigenvalue weighted by Gasteiger charge is -2.06. The molecule has 0 unspecified atom stereocenters. The number of rotatable bonds is 4. The summed E-state index contributed by atoms with van der Waals surface area (Å²) in [5.74, 6) is 0.458. The lowest BCUT2D eigenvalue weighted by Crippen LogP contribution is -1.99. The zero-order valence-electron chi connectivity index (χ0n) is 12.7. The molecule has 0 saturated heterocycles. The van der Waals surface area contributed by atoms with E-state index in [4.69, 9.17) is 5.26 Å². The van der Waals surface area contributed by atoms with Gasteiger partial charge in [-0.05, 0) is 30.3 Å². The van der Waals surface area contributed by atoms with Crippen LogP contribution in [-0.4, -0.2) is 29.7 Å². The molecule has 0 amide bonds. The van der Waals surface area contributed by atoms with E-state index in [1.165, 1.54) is 23.9 Å². The number of nitrogens with one attached hydrogen (secondary N) is 1. The summed E-state index contributed by atoms with van der Waals surface area (Å²) in [6.07, 6.45) is 6.32. The summed E-state index contributed by atoms with van der Waals surface area (Å²) in [6.45, 7) is 0. The van der Waals surface area contributed by atoms with Gasteiger partial charge in [-0.1, -0.05) is 0 Å². The van der Waals surface area contributed by atoms with Gasteiger partial charge in [-0.25, -0.2) is 24.6 Å². The van der Waals surface area contributed by atoms with Crippen molar-refractivity contribution in [2.24, 2.45) is 0 Å². The maximum absolute atomic E-state index is 8.90. The van der Waals surface area contributed by atoms with Crippen LogP contribution in [0.2, 0.25) is 0 Å². The van der Waals surface area contributed by atoms with E-state index >= 15 is 0 Å². The number of thiazole rings is 1. The largest absolute Gasteiger partial charge is 0.324 e. The summed E-state index contributed by atoms with van der Waals surface area (Å²) in [4.78, 5) is 17.4. The number of hydrogen-bond acceptors (Lipinski definition) is 8. The van der Waals surface area contributed by atoms with E-state index in [9.17, 15) is 0 Å². The highest BCUT2D eigenvalue weighted by Crippen LogP contribution is 2.24. The van der Waals surface area contributed by atoms with E-state index in [2.05, 4.69) is 36.4 Å². The topological polar surface area (TPSA) is 105 Å². The fourth-order valence-corrected chi connectivity index (χ4v) is 2.83. The molecule has 3 heterocycles. The van der Waals surface area contributed by atoms with E-state index in [0.29, 0.717) is 21.5 Å². The van der Waals surface area contributed by atoms with Crippen LogP contribution in [0.15, 0.2) is 55.4 Å². The number of hydrogen-bond donors (Lipinski definition) is 1. The van der Waals surface area contributed by atoms with E-state index in [0.717, 1.165) is 11.4 Å². The predicted octanol–water partition coefficient (Wildman–Crippen LogP) is 2.80. The number of nitrogens with zero attached hydrogens (tertiary/aromatic N) is 7. The Kier molecular flexibility index (Phi) is 3.86. The van der Waals surface area contributed by atoms with Crippen molar-refractivity contribution in [1.29, 1.82) is 5.26 Å². The molecule has 0 saturated carbocycles. The van der Waals surface area contributed by atoms with Crippen LogP contribution in [0.4, 0.5) is 11.6 Å². The van der Waals surface area contributed by atoms with Gasteiger partial charge in [-0.3, -0.25) is 0 Å². The van der Waals surface area contributed by atoms with Crippen molar-refractivity contribution in [2.75, 3.05) is 5.32 Å². The Hall–Kier alpha value is -3.64. The van der Waals surface area contributed by atoms with Gasteiger partial charge in [0.25, 0.3) is 0 Å². The Morgan fingerprint density at radius 3 is 2.72 bits per heavy atom. The van der Waals surface area contributed by atoms with Gasteiger partial charge in [0.2, 0.25) is 5.95 Å². The van der Waals surface area contributed by atoms with Gasteiger partial charge in [-0.2, -0.15) is 10.4 Å². The molecule has 25 heavy (non-hydrogen) atoms. The summed E-state index contributed by atoms with van der Waals surface area (Å²) in [7, 11) is 0. The highest BCUT2D eigenvalue weighted by Gasteiger charge is 2.08. The van der Waals surface area contributed by atoms with E-state index in [1.54, 1.807) is 23.3 Å². The third-order valence-electron chi connectivity index (χ3n) is 3.30. The molecule has 0 aliphatic rings. The van der Waals surface area contributed by atoms with Gasteiger partial charge >= 0.3 is 0 Å². The van der Waals surface area contributed by atoms with Crippen LogP contribution in [0.1, 0.15) is 4.88 Å². The van der Waals surface area contributed by atoms with Crippen LogP contribution in [0.3, 0.4) is 0 Å². The fourth-order valence-electron chi connectivity index (χ4n) is 2.15. The van der Waals surface area contributed by atoms with Crippen LogP contribution in [0.5, 0.6) is 0 Å². The van der Waals surface area contributed by atoms with Gasteiger partial charge in [-0.15, -0.1) is 11.3 Å². The second-order valence-electron chi connectivity index (χ2n) is 4.92. The first kappa shape index (κ1) is 14.9. The Morgan fingerprint density at radius 1 is 1.12 bits per heavy atom. The van der Waals surface area contributed by atoms with Crippen molar-refractivity contribution in [3.63, 3.8) is 0 Å². The van der Waals surface area contributed by atoms with Crippen molar-refractivity contribution in [3.8, 4) is 22.5 Å². The first-order valence-corrected chi connectivity index (χ1v) is 8.05. The van der Waals surface area contributed by atoms with Crippen LogP contribution in [0.25, 0.3) is 16.4 Å². The molecule has 0 aliphatic heterocycles. The van der Waals surface area contributed by atoms with Crippen molar-refractivity contribution in [1.82, 2.24) is 29.7 Å². The molecular weight excluding hydrogens is 336 g/mol. The van der Waals surface area contributed by atoms with Crippen molar-refractivity contribution in [2.45, 2.75) is 0 Å². The minimum Gasteiger partial charge on any atom is -0.324 e. The average Bonchev–Trinajstić information content (AvgIpc) is 3.34. The SMILES string of the molecule is N#Cc1cnc(-c2ccnc(Nc3ccc(-n4cncn4)cc3)n2)s1. The maximum Gasteiger partial charge on any atom is 0.227 e. The Labute approximate surface area is 146 Å². The lowest BCUT2D eigenvalue weighted by atomic mass is 10.3. The molecule has 4 aromatic rings. The van der Waals surface area contributed by atoms with E-state index < -0.39 is 0 Å². The first-order chi connectivity index (χ1) is 12.3. The number of aromatic nitrogens is 6. The fraction of sp³-hybridized carbons (Fsp3) is 0. The van der Waals surface area contributed by atoms with Gasteiger partial charge < -0.3 is 5.32 Å². The minimum absolute atomic E-state index is 0.458. The summed E-state index contributed by atoms with van der Waals surface area (Å²) in [5.41, 5.74) is 2.42. The Bertz CT molecular complexity index is 1030. The molecule has 0 bridgehead atoms. The second-order valence-corrected chi connectivity index (χ2v) is 5.95. The summed E-state index contributed by atoms with van der Waals surface area (Å²) in [5, 5.41) is 16.8. The van der Waals surface area contributed by atoms with Crippen LogP contribution >= 0.6 is 11.3 Å². The molecule has 3 aromatic heterocycles. The average molecular weight is 346 g/mol. The molecule has 0 atom stereocenters. The van der Waals surface area contributed by atoms with Crippen LogP contribution in [0, 0.1) is 11.3 Å². The summed E-state index contributed by atoms with van der Waals surface area (Å²) < 4.78 is 1.68. The van der Waals surface area contributed by atoms with Crippen LogP contribution < -0.4 is 5.32 Å². The molecule has 8 nitrogen and oxygen atoms in total. The third-order valence-corrected chi connectivity index (χ3v) is 4.22. The molecule has 120 valence electrons. The highest BCUT2D eigenvalue weighted by molar-refractivity contribution is 7.15. The molecule has 1 aromatic carbocycles. The molecular formula is C16H10N8S. The smallest absolute Gasteiger partial charge is 0.227 e. The Balaban J connectivity index is 1.55. The monoisotopic (exact) mass is 346 g/mol. The van der Waals surface area contributed by atoms with E-state index in [1.807, 2.05) is 24.3 Å². The van der Waals surface area contributed by atoms with Crippen molar-refractivity contribution in [3.05, 3.63) is 60.3 Å². The van der Waals surface area contributed by atoms with E-state index in [-0.39, 0.29) is 0 Å². The predicted molar refractivity (Wildman–Crippen MR) is 92.5 cm³/mol. The summed E-state index contributed by atoms with van der Waals surface area (Å²) in [6, 6.07) is 11.5. The second kappa shape index (κ2) is 6.46. The molecule has 9 heteroatoms. The number of benzene rings is 1. The van der Waals surface area contributed by atoms with Gasteiger partial charge in [0, 0.05) is 11.9 Å². The number of anilines is 2. The first-order valence-electron chi connectivity index (χ1n) is 7.23. The zero-order valence-corrected chi connectivity index (χ0v) is 13.6. The molecule has 1 N–H and O–H groups in total. The molecule has 0 radical (unpaired) electrons. The summed E-state index contributed by atoms with van der Waals surface area (Å²) >= 11 is 1.30. The minimum atomic E-state index is 0.458. The van der Waals surface area contributed by atoms with Gasteiger partial charge in [0.1, 0.15) is 34.3 Å². The van der Waals surface area contributed by atoms with Gasteiger partial charge in [0.05, 0.1) is 11.9 Å². The molecule has 0 spiro atoms. The highest BCUT2D eigenvalue weighted by atomic mass is 32.1. The quantitative estimate of drug-likeness (QED) is 0.605. The Morgan fingerprint density at radius 2 is 2.00 bits per heavy atom. The molecule has 0 aliphatic carbocycles. The molecule has 0 fully saturated rings. The van der Waals surface area contributed by atoms with Crippen molar-refractivity contribution < 1.29 is 0 Å². The standard InChI is InChI=1S/C16H10N8S/c17-7-13-8-20-15(25-13)14-5-6-19-16(23-14)22-11-1-3-12(4-2-11)24-10-18-9-21-24/h1-6,8-10H,(H,19,22,23). The maximum atomic E-state index is 8.90. The zero-order chi connectivity index (χ0) is 17.1. The van der Waals surface area contributed by atoms with Crippen molar-refractivity contribution >= 4 is 23.0 Å². The molecule has 4 rings (SSSR count). The number of nitriles is 1.